The van der Waals surface area contributed by atoms with Gasteiger partial charge in [0.1, 0.15) is 5.75 Å². The summed E-state index contributed by atoms with van der Waals surface area (Å²) in [4.78, 5) is 2.08. The van der Waals surface area contributed by atoms with Gasteiger partial charge in [0.2, 0.25) is 0 Å². The van der Waals surface area contributed by atoms with E-state index in [-0.39, 0.29) is 18.3 Å². The molecule has 2 atom stereocenters. The van der Waals surface area contributed by atoms with Crippen molar-refractivity contribution in [2.24, 2.45) is 5.92 Å². The Morgan fingerprint density at radius 3 is 2.55 bits per heavy atom. The number of nitrogens with zero attached hydrogens (tertiary/aromatic N) is 1. The molecule has 0 saturated carbocycles. The van der Waals surface area contributed by atoms with E-state index in [9.17, 15) is 13.9 Å². The Morgan fingerprint density at radius 2 is 2.00 bits per heavy atom. The molecule has 1 fully saturated rings. The predicted octanol–water partition coefficient (Wildman–Crippen LogP) is 1.46. The third-order valence-electron chi connectivity index (χ3n) is 3.59. The molecule has 1 heterocycles. The minimum absolute atomic E-state index is 0.00860. The summed E-state index contributed by atoms with van der Waals surface area (Å²) in [7, 11) is 0. The monoisotopic (exact) mass is 287 g/mol. The molecule has 1 aromatic rings. The van der Waals surface area contributed by atoms with Crippen LogP contribution < -0.4 is 4.74 Å². The molecule has 4 nitrogen and oxygen atoms in total. The summed E-state index contributed by atoms with van der Waals surface area (Å²) in [5, 5.41) is 18.9. The second kappa shape index (κ2) is 6.97. The number of hydrogen-bond acceptors (Lipinski definition) is 4. The Bertz CT molecular complexity index is 413. The summed E-state index contributed by atoms with van der Waals surface area (Å²) in [5.74, 6) is 0.0934. The fraction of sp³-hybridized carbons (Fsp3) is 0.571. The molecule has 0 aliphatic carbocycles. The number of piperidine rings is 1. The van der Waals surface area contributed by atoms with Gasteiger partial charge in [0, 0.05) is 25.6 Å². The number of aliphatic hydroxyl groups is 2. The van der Waals surface area contributed by atoms with Gasteiger partial charge >= 0.3 is 6.61 Å². The van der Waals surface area contributed by atoms with E-state index in [0.29, 0.717) is 13.1 Å². The van der Waals surface area contributed by atoms with Crippen LogP contribution in [-0.4, -0.2) is 47.5 Å². The van der Waals surface area contributed by atoms with Crippen molar-refractivity contribution in [3.8, 4) is 5.75 Å². The van der Waals surface area contributed by atoms with E-state index in [1.54, 1.807) is 12.1 Å². The zero-order chi connectivity index (χ0) is 14.5. The lowest BCUT2D eigenvalue weighted by Crippen LogP contribution is -2.44. The largest absolute Gasteiger partial charge is 0.435 e. The smallest absolute Gasteiger partial charge is 0.387 e. The van der Waals surface area contributed by atoms with Crippen molar-refractivity contribution in [3.05, 3.63) is 29.8 Å². The molecule has 6 heteroatoms. The highest BCUT2D eigenvalue weighted by molar-refractivity contribution is 5.27. The van der Waals surface area contributed by atoms with E-state index in [1.165, 1.54) is 12.1 Å². The summed E-state index contributed by atoms with van der Waals surface area (Å²) in [6.45, 7) is -0.842. The summed E-state index contributed by atoms with van der Waals surface area (Å²) < 4.78 is 28.3. The van der Waals surface area contributed by atoms with Crippen molar-refractivity contribution in [1.29, 1.82) is 0 Å². The maximum Gasteiger partial charge on any atom is 0.387 e. The molecule has 112 valence electrons. The molecule has 1 aliphatic rings. The van der Waals surface area contributed by atoms with Crippen LogP contribution in [-0.2, 0) is 6.54 Å². The number of hydrogen-bond donors (Lipinski definition) is 2. The van der Waals surface area contributed by atoms with Gasteiger partial charge in [-0.25, -0.2) is 0 Å². The predicted molar refractivity (Wildman–Crippen MR) is 69.6 cm³/mol. The molecule has 1 saturated heterocycles. The van der Waals surface area contributed by atoms with Crippen molar-refractivity contribution in [2.75, 3.05) is 19.7 Å². The van der Waals surface area contributed by atoms with Gasteiger partial charge < -0.3 is 14.9 Å². The molecule has 20 heavy (non-hydrogen) atoms. The van der Waals surface area contributed by atoms with Crippen LogP contribution in [0.4, 0.5) is 8.78 Å². The first-order chi connectivity index (χ1) is 9.58. The lowest BCUT2D eigenvalue weighted by atomic mass is 9.94. The average Bonchev–Trinajstić information content (AvgIpc) is 2.41. The highest BCUT2D eigenvalue weighted by atomic mass is 19.3. The Kier molecular flexibility index (Phi) is 5.28. The summed E-state index contributed by atoms with van der Waals surface area (Å²) in [5.41, 5.74) is 0.973. The first-order valence-corrected chi connectivity index (χ1v) is 6.63. The number of alkyl halides is 2. The molecule has 0 bridgehead atoms. The molecular formula is C14H19F2NO3. The van der Waals surface area contributed by atoms with E-state index >= 15 is 0 Å². The highest BCUT2D eigenvalue weighted by Crippen LogP contribution is 2.20. The lowest BCUT2D eigenvalue weighted by molar-refractivity contribution is -0.0498. The number of rotatable bonds is 5. The molecule has 2 rings (SSSR count). The van der Waals surface area contributed by atoms with Crippen LogP contribution in [0.2, 0.25) is 0 Å². The van der Waals surface area contributed by atoms with E-state index < -0.39 is 12.7 Å². The van der Waals surface area contributed by atoms with Crippen LogP contribution in [0.5, 0.6) is 5.75 Å². The van der Waals surface area contributed by atoms with E-state index in [0.717, 1.165) is 18.5 Å². The average molecular weight is 287 g/mol. The van der Waals surface area contributed by atoms with Crippen molar-refractivity contribution >= 4 is 0 Å². The molecule has 0 spiro atoms. The second-order valence-corrected chi connectivity index (χ2v) is 5.06. The number of ether oxygens (including phenoxy) is 1. The Balaban J connectivity index is 1.87. The van der Waals surface area contributed by atoms with Crippen LogP contribution in [0.25, 0.3) is 0 Å². The lowest BCUT2D eigenvalue weighted by Gasteiger charge is -2.35. The van der Waals surface area contributed by atoms with Crippen LogP contribution in [0.3, 0.4) is 0 Å². The maximum atomic E-state index is 12.0. The normalized spacial score (nSPS) is 24.1. The number of β-amino-alcohol motifs (C(OH)–C–C–N with tert-alkyl or cyclic N) is 1. The zero-order valence-corrected chi connectivity index (χ0v) is 11.1. The van der Waals surface area contributed by atoms with Crippen molar-refractivity contribution < 1.29 is 23.7 Å². The van der Waals surface area contributed by atoms with E-state index in [2.05, 4.69) is 9.64 Å². The van der Waals surface area contributed by atoms with Gasteiger partial charge in [0.05, 0.1) is 6.10 Å². The van der Waals surface area contributed by atoms with Crippen LogP contribution in [0.15, 0.2) is 24.3 Å². The first kappa shape index (κ1) is 15.2. The van der Waals surface area contributed by atoms with E-state index in [4.69, 9.17) is 5.11 Å². The van der Waals surface area contributed by atoms with Crippen molar-refractivity contribution in [1.82, 2.24) is 4.90 Å². The van der Waals surface area contributed by atoms with Gasteiger partial charge in [-0.3, -0.25) is 4.90 Å². The topological polar surface area (TPSA) is 52.9 Å². The van der Waals surface area contributed by atoms with Crippen LogP contribution in [0.1, 0.15) is 12.0 Å². The molecule has 0 unspecified atom stereocenters. The fourth-order valence-electron chi connectivity index (χ4n) is 2.44. The third kappa shape index (κ3) is 4.13. The molecule has 2 N–H and O–H groups in total. The Hall–Kier alpha value is -1.24. The maximum absolute atomic E-state index is 12.0. The first-order valence-electron chi connectivity index (χ1n) is 6.63. The molecule has 0 radical (unpaired) electrons. The fourth-order valence-corrected chi connectivity index (χ4v) is 2.44. The molecule has 0 amide bonds. The van der Waals surface area contributed by atoms with E-state index in [1.807, 2.05) is 0 Å². The number of likely N-dealkylation sites (tertiary alicyclic amines) is 1. The Labute approximate surface area is 116 Å². The SMILES string of the molecule is OC[C@H]1CCN(Cc2ccc(OC(F)F)cc2)C[C@H]1O. The van der Waals surface area contributed by atoms with Gasteiger partial charge in [-0.15, -0.1) is 0 Å². The van der Waals surface area contributed by atoms with Gasteiger partial charge in [0.15, 0.2) is 0 Å². The number of aliphatic hydroxyl groups excluding tert-OH is 2. The van der Waals surface area contributed by atoms with Gasteiger partial charge in [0.25, 0.3) is 0 Å². The molecule has 0 aromatic heterocycles. The Morgan fingerprint density at radius 1 is 1.30 bits per heavy atom. The van der Waals surface area contributed by atoms with Crippen LogP contribution >= 0.6 is 0 Å². The minimum Gasteiger partial charge on any atom is -0.435 e. The van der Waals surface area contributed by atoms with Crippen LogP contribution in [0, 0.1) is 5.92 Å². The van der Waals surface area contributed by atoms with Crippen molar-refractivity contribution in [3.63, 3.8) is 0 Å². The molecular weight excluding hydrogens is 268 g/mol. The minimum atomic E-state index is -2.81. The molecule has 1 aliphatic heterocycles. The summed E-state index contributed by atoms with van der Waals surface area (Å²) >= 11 is 0. The second-order valence-electron chi connectivity index (χ2n) is 5.06. The molecule has 1 aromatic carbocycles. The van der Waals surface area contributed by atoms with Gasteiger partial charge in [-0.1, -0.05) is 12.1 Å². The van der Waals surface area contributed by atoms with Gasteiger partial charge in [-0.2, -0.15) is 8.78 Å². The van der Waals surface area contributed by atoms with Crippen molar-refractivity contribution in [2.45, 2.75) is 25.7 Å². The summed E-state index contributed by atoms with van der Waals surface area (Å²) in [6, 6.07) is 6.50. The quantitative estimate of drug-likeness (QED) is 0.861. The zero-order valence-electron chi connectivity index (χ0n) is 11.1. The summed E-state index contributed by atoms with van der Waals surface area (Å²) in [6.07, 6.45) is 0.236. The number of benzene rings is 1. The standard InChI is InChI=1S/C14H19F2NO3/c15-14(16)20-12-3-1-10(2-4-12)7-17-6-5-11(9-18)13(19)8-17/h1-4,11,13-14,18-19H,5-9H2/t11-,13-/m1/s1. The number of halogens is 2. The van der Waals surface area contributed by atoms with Gasteiger partial charge in [-0.05, 0) is 30.7 Å². The highest BCUT2D eigenvalue weighted by Gasteiger charge is 2.26. The third-order valence-corrected chi connectivity index (χ3v) is 3.59.